The van der Waals surface area contributed by atoms with Gasteiger partial charge < -0.3 is 10.5 Å². The molecule has 1 aliphatic rings. The number of rotatable bonds is 2. The Hall–Kier alpha value is -0.290. The van der Waals surface area contributed by atoms with Crippen molar-refractivity contribution in [2.24, 2.45) is 11.7 Å². The molecule has 1 saturated heterocycles. The van der Waals surface area contributed by atoms with E-state index in [9.17, 15) is 13.2 Å². The minimum atomic E-state index is -4.22. The predicted octanol–water partition coefficient (Wildman–Crippen LogP) is 1.69. The third kappa shape index (κ3) is 2.57. The van der Waals surface area contributed by atoms with Gasteiger partial charge in [0.1, 0.15) is 0 Å². The smallest absolute Gasteiger partial charge is 0.365 e. The van der Waals surface area contributed by atoms with E-state index in [2.05, 4.69) is 0 Å². The molecule has 0 aromatic rings. The van der Waals surface area contributed by atoms with Gasteiger partial charge in [-0.1, -0.05) is 6.92 Å². The minimum Gasteiger partial charge on any atom is -0.365 e. The fourth-order valence-electron chi connectivity index (χ4n) is 1.47. The molecule has 78 valence electrons. The molecule has 0 bridgehead atoms. The lowest BCUT2D eigenvalue weighted by molar-refractivity contribution is -0.217. The summed E-state index contributed by atoms with van der Waals surface area (Å²) in [4.78, 5) is 0. The van der Waals surface area contributed by atoms with Crippen molar-refractivity contribution in [3.05, 3.63) is 0 Å². The maximum Gasteiger partial charge on any atom is 0.414 e. The molecular weight excluding hydrogens is 183 g/mol. The Morgan fingerprint density at radius 3 is 2.46 bits per heavy atom. The van der Waals surface area contributed by atoms with Gasteiger partial charge in [-0.3, -0.25) is 0 Å². The van der Waals surface area contributed by atoms with Crippen molar-refractivity contribution in [2.45, 2.75) is 38.1 Å². The van der Waals surface area contributed by atoms with Crippen molar-refractivity contribution in [2.75, 3.05) is 6.54 Å². The summed E-state index contributed by atoms with van der Waals surface area (Å²) in [6.07, 6.45) is -5.59. The van der Waals surface area contributed by atoms with Gasteiger partial charge in [0.2, 0.25) is 0 Å². The van der Waals surface area contributed by atoms with Crippen LogP contribution in [0.5, 0.6) is 0 Å². The van der Waals surface area contributed by atoms with Crippen LogP contribution in [0.3, 0.4) is 0 Å². The number of halogens is 3. The standard InChI is InChI=1S/C8H14F3NO/c1-5(4-12)6-2-3-7(13-6)8(9,10)11/h5-7H,2-4,12H2,1H3. The Morgan fingerprint density at radius 1 is 1.46 bits per heavy atom. The van der Waals surface area contributed by atoms with Gasteiger partial charge >= 0.3 is 6.18 Å². The summed E-state index contributed by atoms with van der Waals surface area (Å²) in [5.74, 6) is 0.00681. The molecule has 1 aliphatic heterocycles. The van der Waals surface area contributed by atoms with E-state index in [-0.39, 0.29) is 18.4 Å². The van der Waals surface area contributed by atoms with Crippen LogP contribution in [0.25, 0.3) is 0 Å². The van der Waals surface area contributed by atoms with Crippen LogP contribution in [-0.4, -0.2) is 24.9 Å². The Bertz CT molecular complexity index is 171. The van der Waals surface area contributed by atoms with E-state index in [0.29, 0.717) is 13.0 Å². The molecule has 0 aliphatic carbocycles. The summed E-state index contributed by atoms with van der Waals surface area (Å²) in [5.41, 5.74) is 5.35. The fourth-order valence-corrected chi connectivity index (χ4v) is 1.47. The molecule has 2 nitrogen and oxygen atoms in total. The van der Waals surface area contributed by atoms with Crippen LogP contribution < -0.4 is 5.73 Å². The predicted molar refractivity (Wildman–Crippen MR) is 42.2 cm³/mol. The second-order valence-corrected chi connectivity index (χ2v) is 3.50. The maximum absolute atomic E-state index is 12.1. The average molecular weight is 197 g/mol. The Labute approximate surface area is 75.2 Å². The molecule has 5 heteroatoms. The van der Waals surface area contributed by atoms with E-state index in [1.54, 1.807) is 0 Å². The molecule has 0 aromatic carbocycles. The molecule has 0 spiro atoms. The SMILES string of the molecule is CC(CN)C1CCC(C(F)(F)F)O1. The zero-order valence-corrected chi connectivity index (χ0v) is 7.47. The number of alkyl halides is 3. The molecule has 0 amide bonds. The first-order valence-corrected chi connectivity index (χ1v) is 4.37. The largest absolute Gasteiger partial charge is 0.414 e. The van der Waals surface area contributed by atoms with Crippen LogP contribution in [0, 0.1) is 5.92 Å². The molecule has 1 rings (SSSR count). The average Bonchev–Trinajstić information content (AvgIpc) is 2.50. The quantitative estimate of drug-likeness (QED) is 0.731. The Kier molecular flexibility index (Phi) is 3.18. The lowest BCUT2D eigenvalue weighted by atomic mass is 10.0. The summed E-state index contributed by atoms with van der Waals surface area (Å²) in [5, 5.41) is 0. The molecule has 1 fully saturated rings. The summed E-state index contributed by atoms with van der Waals surface area (Å²) >= 11 is 0. The second kappa shape index (κ2) is 3.84. The van der Waals surface area contributed by atoms with E-state index in [1.165, 1.54) is 0 Å². The van der Waals surface area contributed by atoms with Crippen LogP contribution in [-0.2, 0) is 4.74 Å². The molecule has 1 heterocycles. The van der Waals surface area contributed by atoms with Gasteiger partial charge in [0, 0.05) is 0 Å². The van der Waals surface area contributed by atoms with Crippen molar-refractivity contribution in [1.82, 2.24) is 0 Å². The van der Waals surface area contributed by atoms with Crippen molar-refractivity contribution < 1.29 is 17.9 Å². The highest BCUT2D eigenvalue weighted by Crippen LogP contribution is 2.35. The van der Waals surface area contributed by atoms with Crippen LogP contribution >= 0.6 is 0 Å². The molecule has 0 saturated carbocycles. The van der Waals surface area contributed by atoms with Crippen LogP contribution in [0.15, 0.2) is 0 Å². The summed E-state index contributed by atoms with van der Waals surface area (Å²) in [7, 11) is 0. The fraction of sp³-hybridized carbons (Fsp3) is 1.00. The van der Waals surface area contributed by atoms with E-state index >= 15 is 0 Å². The second-order valence-electron chi connectivity index (χ2n) is 3.50. The van der Waals surface area contributed by atoms with Gasteiger partial charge in [0.25, 0.3) is 0 Å². The van der Waals surface area contributed by atoms with Gasteiger partial charge in [0.15, 0.2) is 6.10 Å². The van der Waals surface area contributed by atoms with E-state index in [0.717, 1.165) is 0 Å². The summed E-state index contributed by atoms with van der Waals surface area (Å²) in [6, 6.07) is 0. The summed E-state index contributed by atoms with van der Waals surface area (Å²) in [6.45, 7) is 2.18. The van der Waals surface area contributed by atoms with Gasteiger partial charge in [-0.05, 0) is 25.3 Å². The van der Waals surface area contributed by atoms with Gasteiger partial charge in [-0.2, -0.15) is 13.2 Å². The Morgan fingerprint density at radius 2 is 2.08 bits per heavy atom. The monoisotopic (exact) mass is 197 g/mol. The van der Waals surface area contributed by atoms with Crippen molar-refractivity contribution in [1.29, 1.82) is 0 Å². The molecular formula is C8H14F3NO. The molecule has 0 radical (unpaired) electrons. The van der Waals surface area contributed by atoms with E-state index < -0.39 is 12.3 Å². The lowest BCUT2D eigenvalue weighted by Crippen LogP contribution is -2.31. The first-order valence-electron chi connectivity index (χ1n) is 4.37. The van der Waals surface area contributed by atoms with E-state index in [1.807, 2.05) is 6.92 Å². The van der Waals surface area contributed by atoms with E-state index in [4.69, 9.17) is 10.5 Å². The first kappa shape index (κ1) is 10.8. The highest BCUT2D eigenvalue weighted by molar-refractivity contribution is 4.81. The molecule has 3 unspecified atom stereocenters. The first-order chi connectivity index (χ1) is 5.95. The topological polar surface area (TPSA) is 35.2 Å². The van der Waals surface area contributed by atoms with Gasteiger partial charge in [-0.15, -0.1) is 0 Å². The van der Waals surface area contributed by atoms with Crippen molar-refractivity contribution >= 4 is 0 Å². The molecule has 2 N–H and O–H groups in total. The van der Waals surface area contributed by atoms with Crippen molar-refractivity contribution in [3.8, 4) is 0 Å². The molecule has 3 atom stereocenters. The zero-order valence-electron chi connectivity index (χ0n) is 7.47. The maximum atomic E-state index is 12.1. The number of nitrogens with two attached hydrogens (primary N) is 1. The summed E-state index contributed by atoms with van der Waals surface area (Å²) < 4.78 is 41.3. The highest BCUT2D eigenvalue weighted by Gasteiger charge is 2.46. The number of ether oxygens (including phenoxy) is 1. The molecule has 0 aromatic heterocycles. The molecule has 13 heavy (non-hydrogen) atoms. The van der Waals surface area contributed by atoms with Crippen LogP contribution in [0.2, 0.25) is 0 Å². The van der Waals surface area contributed by atoms with Gasteiger partial charge in [0.05, 0.1) is 6.10 Å². The third-order valence-electron chi connectivity index (χ3n) is 2.42. The minimum absolute atomic E-state index is 0.00681. The number of hydrogen-bond acceptors (Lipinski definition) is 2. The highest BCUT2D eigenvalue weighted by atomic mass is 19.4. The van der Waals surface area contributed by atoms with Crippen molar-refractivity contribution in [3.63, 3.8) is 0 Å². The third-order valence-corrected chi connectivity index (χ3v) is 2.42. The zero-order chi connectivity index (χ0) is 10.1. The van der Waals surface area contributed by atoms with Crippen LogP contribution in [0.1, 0.15) is 19.8 Å². The number of hydrogen-bond donors (Lipinski definition) is 1. The Balaban J connectivity index is 2.45. The lowest BCUT2D eigenvalue weighted by Gasteiger charge is -2.19. The van der Waals surface area contributed by atoms with Crippen LogP contribution in [0.4, 0.5) is 13.2 Å². The van der Waals surface area contributed by atoms with Gasteiger partial charge in [-0.25, -0.2) is 0 Å². The normalized spacial score (nSPS) is 32.1.